The molecule has 1 aliphatic carbocycles. The number of nitriles is 1. The van der Waals surface area contributed by atoms with E-state index in [1.807, 2.05) is 12.1 Å². The molecular formula is C13H16BrN3. The average Bonchev–Trinajstić information content (AvgIpc) is 3.11. The van der Waals surface area contributed by atoms with Crippen molar-refractivity contribution in [1.29, 1.82) is 5.26 Å². The van der Waals surface area contributed by atoms with Crippen LogP contribution in [-0.2, 0) is 6.54 Å². The summed E-state index contributed by atoms with van der Waals surface area (Å²) in [6.07, 6.45) is 3.09. The highest BCUT2D eigenvalue weighted by molar-refractivity contribution is 9.10. The maximum Gasteiger partial charge on any atom is 0.0635 e. The monoisotopic (exact) mass is 293 g/mol. The average molecular weight is 294 g/mol. The molecule has 4 heteroatoms. The third-order valence-electron chi connectivity index (χ3n) is 3.06. The van der Waals surface area contributed by atoms with Crippen LogP contribution in [0.1, 0.15) is 24.8 Å². The number of halogens is 1. The largest absolute Gasteiger partial charge is 0.398 e. The van der Waals surface area contributed by atoms with Crippen molar-refractivity contribution in [3.05, 3.63) is 28.2 Å². The Kier molecular flexibility index (Phi) is 4.03. The number of anilines is 1. The molecule has 0 aromatic heterocycles. The predicted molar refractivity (Wildman–Crippen MR) is 72.2 cm³/mol. The zero-order valence-electron chi connectivity index (χ0n) is 9.69. The van der Waals surface area contributed by atoms with Gasteiger partial charge in [0.1, 0.15) is 0 Å². The number of nitrogens with two attached hydrogens (primary N) is 1. The van der Waals surface area contributed by atoms with Gasteiger partial charge in [0.2, 0.25) is 0 Å². The van der Waals surface area contributed by atoms with Gasteiger partial charge in [0.15, 0.2) is 0 Å². The molecule has 17 heavy (non-hydrogen) atoms. The van der Waals surface area contributed by atoms with Gasteiger partial charge in [-0.3, -0.25) is 4.90 Å². The zero-order chi connectivity index (χ0) is 12.3. The number of nitrogens with zero attached hydrogens (tertiary/aromatic N) is 2. The summed E-state index contributed by atoms with van der Waals surface area (Å²) in [6.45, 7) is 1.70. The highest BCUT2D eigenvalue weighted by Gasteiger charge is 2.28. The fraction of sp³-hybridized carbons (Fsp3) is 0.462. The van der Waals surface area contributed by atoms with Crippen LogP contribution in [0.3, 0.4) is 0 Å². The maximum atomic E-state index is 8.67. The first-order valence-electron chi connectivity index (χ1n) is 5.85. The molecule has 0 radical (unpaired) electrons. The molecule has 0 saturated heterocycles. The first kappa shape index (κ1) is 12.4. The fourth-order valence-corrected chi connectivity index (χ4v) is 2.33. The number of rotatable bonds is 5. The van der Waals surface area contributed by atoms with Crippen LogP contribution in [0, 0.1) is 11.3 Å². The summed E-state index contributed by atoms with van der Waals surface area (Å²) in [6, 6.07) is 8.88. The van der Waals surface area contributed by atoms with Crippen molar-refractivity contribution < 1.29 is 0 Å². The minimum Gasteiger partial charge on any atom is -0.398 e. The van der Waals surface area contributed by atoms with Crippen molar-refractivity contribution in [3.63, 3.8) is 0 Å². The Hall–Kier alpha value is -1.05. The molecule has 0 amide bonds. The van der Waals surface area contributed by atoms with Gasteiger partial charge in [-0.2, -0.15) is 5.26 Å². The standard InChI is InChI=1S/C13H16BrN3/c14-11-3-2-10(13(16)8-11)9-17(7-1-6-15)12-4-5-12/h2-3,8,12H,1,4-5,7,9,16H2. The molecule has 0 unspecified atom stereocenters. The SMILES string of the molecule is N#CCCN(Cc1ccc(Br)cc1N)C1CC1. The zero-order valence-corrected chi connectivity index (χ0v) is 11.3. The van der Waals surface area contributed by atoms with E-state index >= 15 is 0 Å². The molecular weight excluding hydrogens is 278 g/mol. The van der Waals surface area contributed by atoms with Gasteiger partial charge in [0, 0.05) is 35.7 Å². The lowest BCUT2D eigenvalue weighted by Gasteiger charge is -2.21. The number of nitrogen functional groups attached to an aromatic ring is 1. The lowest BCUT2D eigenvalue weighted by Crippen LogP contribution is -2.26. The van der Waals surface area contributed by atoms with Gasteiger partial charge in [-0.25, -0.2) is 0 Å². The molecule has 0 aliphatic heterocycles. The van der Waals surface area contributed by atoms with Gasteiger partial charge in [-0.1, -0.05) is 22.0 Å². The summed E-state index contributed by atoms with van der Waals surface area (Å²) >= 11 is 3.41. The van der Waals surface area contributed by atoms with Gasteiger partial charge in [-0.15, -0.1) is 0 Å². The second kappa shape index (κ2) is 5.52. The quantitative estimate of drug-likeness (QED) is 0.850. The highest BCUT2D eigenvalue weighted by Crippen LogP contribution is 2.30. The first-order valence-corrected chi connectivity index (χ1v) is 6.65. The Bertz CT molecular complexity index is 435. The van der Waals surface area contributed by atoms with Crippen LogP contribution in [0.4, 0.5) is 5.69 Å². The third kappa shape index (κ3) is 3.45. The molecule has 1 fully saturated rings. The minimum atomic E-state index is 0.590. The van der Waals surface area contributed by atoms with Crippen LogP contribution in [0.5, 0.6) is 0 Å². The third-order valence-corrected chi connectivity index (χ3v) is 3.55. The van der Waals surface area contributed by atoms with Crippen molar-refractivity contribution in [3.8, 4) is 6.07 Å². The Labute approximate surface area is 110 Å². The normalized spacial score (nSPS) is 14.9. The molecule has 1 aliphatic rings. The van der Waals surface area contributed by atoms with Crippen molar-refractivity contribution in [2.75, 3.05) is 12.3 Å². The van der Waals surface area contributed by atoms with Crippen molar-refractivity contribution >= 4 is 21.6 Å². The van der Waals surface area contributed by atoms with Crippen molar-refractivity contribution in [2.45, 2.75) is 31.8 Å². The summed E-state index contributed by atoms with van der Waals surface area (Å²) in [5, 5.41) is 8.67. The van der Waals surface area contributed by atoms with E-state index in [9.17, 15) is 0 Å². The van der Waals surface area contributed by atoms with Gasteiger partial charge in [0.25, 0.3) is 0 Å². The van der Waals surface area contributed by atoms with E-state index in [0.29, 0.717) is 12.5 Å². The van der Waals surface area contributed by atoms with E-state index < -0.39 is 0 Å². The lowest BCUT2D eigenvalue weighted by molar-refractivity contribution is 0.261. The summed E-state index contributed by atoms with van der Waals surface area (Å²) < 4.78 is 1.01. The summed E-state index contributed by atoms with van der Waals surface area (Å²) in [5.41, 5.74) is 7.97. The first-order chi connectivity index (χ1) is 8.20. The van der Waals surface area contributed by atoms with Gasteiger partial charge < -0.3 is 5.73 Å². The van der Waals surface area contributed by atoms with Crippen molar-refractivity contribution in [2.24, 2.45) is 0 Å². The van der Waals surface area contributed by atoms with E-state index in [2.05, 4.69) is 33.0 Å². The van der Waals surface area contributed by atoms with E-state index in [1.165, 1.54) is 12.8 Å². The predicted octanol–water partition coefficient (Wildman–Crippen LogP) is 2.91. The van der Waals surface area contributed by atoms with Gasteiger partial charge >= 0.3 is 0 Å². The molecule has 0 atom stereocenters. The summed E-state index contributed by atoms with van der Waals surface area (Å²) in [7, 11) is 0. The second-order valence-electron chi connectivity index (χ2n) is 4.45. The molecule has 0 spiro atoms. The van der Waals surface area contributed by atoms with Crippen LogP contribution in [0.15, 0.2) is 22.7 Å². The van der Waals surface area contributed by atoms with E-state index in [0.717, 1.165) is 28.8 Å². The van der Waals surface area contributed by atoms with Gasteiger partial charge in [0.05, 0.1) is 6.07 Å². The highest BCUT2D eigenvalue weighted by atomic mass is 79.9. The van der Waals surface area contributed by atoms with E-state index in [1.54, 1.807) is 0 Å². The van der Waals surface area contributed by atoms with Crippen LogP contribution in [0.2, 0.25) is 0 Å². The lowest BCUT2D eigenvalue weighted by atomic mass is 10.1. The molecule has 1 saturated carbocycles. The molecule has 1 aromatic carbocycles. The van der Waals surface area contributed by atoms with Crippen LogP contribution in [0.25, 0.3) is 0 Å². The molecule has 0 heterocycles. The van der Waals surface area contributed by atoms with Gasteiger partial charge in [-0.05, 0) is 30.5 Å². The van der Waals surface area contributed by atoms with Crippen LogP contribution < -0.4 is 5.73 Å². The minimum absolute atomic E-state index is 0.590. The van der Waals surface area contributed by atoms with Crippen LogP contribution in [-0.4, -0.2) is 17.5 Å². The molecule has 2 rings (SSSR count). The summed E-state index contributed by atoms with van der Waals surface area (Å²) in [5.74, 6) is 0. The van der Waals surface area contributed by atoms with Crippen LogP contribution >= 0.6 is 15.9 Å². The Balaban J connectivity index is 2.03. The Morgan fingerprint density at radius 3 is 2.82 bits per heavy atom. The molecule has 90 valence electrons. The summed E-state index contributed by atoms with van der Waals surface area (Å²) in [4.78, 5) is 2.36. The Morgan fingerprint density at radius 1 is 1.47 bits per heavy atom. The number of hydrogen-bond donors (Lipinski definition) is 1. The molecule has 3 nitrogen and oxygen atoms in total. The Morgan fingerprint density at radius 2 is 2.24 bits per heavy atom. The van der Waals surface area contributed by atoms with E-state index in [4.69, 9.17) is 11.0 Å². The molecule has 1 aromatic rings. The molecule has 2 N–H and O–H groups in total. The second-order valence-corrected chi connectivity index (χ2v) is 5.37. The number of hydrogen-bond acceptors (Lipinski definition) is 3. The maximum absolute atomic E-state index is 8.67. The van der Waals surface area contributed by atoms with Crippen molar-refractivity contribution in [1.82, 2.24) is 4.90 Å². The smallest absolute Gasteiger partial charge is 0.0635 e. The topological polar surface area (TPSA) is 53.0 Å². The fourth-order valence-electron chi connectivity index (χ4n) is 1.95. The molecule has 0 bridgehead atoms. The number of benzene rings is 1. The van der Waals surface area contributed by atoms with E-state index in [-0.39, 0.29) is 0 Å².